The van der Waals surface area contributed by atoms with E-state index in [9.17, 15) is 13.2 Å². The average molecular weight is 463 g/mol. The number of hydrogen-bond donors (Lipinski definition) is 0. The molecule has 3 rings (SSSR count). The van der Waals surface area contributed by atoms with E-state index in [0.717, 1.165) is 16.9 Å². The first-order valence-electron chi connectivity index (χ1n) is 10.0. The number of hydrogen-bond acceptors (Lipinski definition) is 4. The van der Waals surface area contributed by atoms with Gasteiger partial charge in [0.1, 0.15) is 5.82 Å². The average Bonchev–Trinajstić information content (AvgIpc) is 3.08. The first-order chi connectivity index (χ1) is 14.6. The zero-order valence-corrected chi connectivity index (χ0v) is 19.7. The van der Waals surface area contributed by atoms with E-state index in [2.05, 4.69) is 4.98 Å². The van der Waals surface area contributed by atoms with Crippen molar-refractivity contribution in [2.24, 2.45) is 0 Å². The van der Waals surface area contributed by atoms with Gasteiger partial charge in [-0.15, -0.1) is 0 Å². The van der Waals surface area contributed by atoms with Crippen LogP contribution in [0.2, 0.25) is 5.02 Å². The Hall–Kier alpha value is -2.42. The van der Waals surface area contributed by atoms with Gasteiger partial charge in [0, 0.05) is 52.1 Å². The van der Waals surface area contributed by atoms with Gasteiger partial charge in [0.05, 0.1) is 15.9 Å². The van der Waals surface area contributed by atoms with Crippen LogP contribution in [-0.4, -0.2) is 54.2 Å². The Labute approximate surface area is 188 Å². The Bertz CT molecular complexity index is 1200. The molecule has 7 nitrogen and oxygen atoms in total. The monoisotopic (exact) mass is 462 g/mol. The maximum Gasteiger partial charge on any atom is 0.242 e. The van der Waals surface area contributed by atoms with Gasteiger partial charge < -0.3 is 9.47 Å². The van der Waals surface area contributed by atoms with E-state index in [0.29, 0.717) is 36.5 Å². The second kappa shape index (κ2) is 9.38. The second-order valence-corrected chi connectivity index (χ2v) is 10.2. The minimum atomic E-state index is -3.53. The number of carbonyl (C=O) groups is 1. The lowest BCUT2D eigenvalue weighted by Crippen LogP contribution is -2.26. The molecule has 0 bridgehead atoms. The molecule has 1 heterocycles. The molecule has 0 atom stereocenters. The topological polar surface area (TPSA) is 75.5 Å². The lowest BCUT2D eigenvalue weighted by Gasteiger charge is -2.17. The molecular weight excluding hydrogens is 436 g/mol. The predicted molar refractivity (Wildman–Crippen MR) is 123 cm³/mol. The summed E-state index contributed by atoms with van der Waals surface area (Å²) in [6.45, 7) is 3.16. The number of amides is 1. The maximum absolute atomic E-state index is 12.7. The van der Waals surface area contributed by atoms with Gasteiger partial charge in [-0.25, -0.2) is 17.7 Å². The molecule has 0 radical (unpaired) electrons. The molecule has 1 aromatic heterocycles. The van der Waals surface area contributed by atoms with Crippen LogP contribution in [0.1, 0.15) is 24.7 Å². The second-order valence-electron chi connectivity index (χ2n) is 7.59. The van der Waals surface area contributed by atoms with E-state index in [1.54, 1.807) is 36.2 Å². The van der Waals surface area contributed by atoms with Gasteiger partial charge in [0.15, 0.2) is 0 Å². The molecule has 0 saturated heterocycles. The molecule has 0 aliphatic carbocycles. The molecule has 31 heavy (non-hydrogen) atoms. The summed E-state index contributed by atoms with van der Waals surface area (Å²) in [6, 6.07) is 12.4. The largest absolute Gasteiger partial charge is 0.341 e. The summed E-state index contributed by atoms with van der Waals surface area (Å²) < 4.78 is 28.1. The number of fused-ring (bicyclic) bond motifs is 1. The number of nitrogens with zero attached hydrogens (tertiary/aromatic N) is 4. The number of aromatic nitrogens is 2. The van der Waals surface area contributed by atoms with Gasteiger partial charge in [-0.05, 0) is 42.8 Å². The third kappa shape index (κ3) is 5.08. The molecule has 0 spiro atoms. The molecule has 2 aromatic carbocycles. The number of benzene rings is 2. The fourth-order valence-corrected chi connectivity index (χ4v) is 4.62. The van der Waals surface area contributed by atoms with E-state index < -0.39 is 10.0 Å². The summed E-state index contributed by atoms with van der Waals surface area (Å²) in [4.78, 5) is 19.2. The van der Waals surface area contributed by atoms with Crippen molar-refractivity contribution in [2.45, 2.75) is 37.8 Å². The minimum Gasteiger partial charge on any atom is -0.341 e. The van der Waals surface area contributed by atoms with Crippen LogP contribution in [-0.2, 0) is 34.3 Å². The Balaban J connectivity index is 1.77. The fourth-order valence-electron chi connectivity index (χ4n) is 3.48. The summed E-state index contributed by atoms with van der Waals surface area (Å²) in [7, 11) is 1.24. The maximum atomic E-state index is 12.7. The van der Waals surface area contributed by atoms with Crippen molar-refractivity contribution in [2.75, 3.05) is 21.1 Å². The lowest BCUT2D eigenvalue weighted by atomic mass is 10.2. The number of halogens is 1. The summed E-state index contributed by atoms with van der Waals surface area (Å²) in [6.07, 6.45) is 0.778. The Morgan fingerprint density at radius 1 is 1.13 bits per heavy atom. The van der Waals surface area contributed by atoms with Crippen LogP contribution in [0.15, 0.2) is 47.4 Å². The van der Waals surface area contributed by atoms with Gasteiger partial charge in [-0.1, -0.05) is 23.7 Å². The standard InChI is InChI=1S/C22H27ClN4O3S/c1-5-27-20-10-9-18(31(29,30)25(2)3)14-19(20)24-21(27)11-12-22(28)26(4)15-16-7-6-8-17(23)13-16/h6-10,13-14H,5,11-12,15H2,1-4H3. The molecule has 0 saturated carbocycles. The Morgan fingerprint density at radius 3 is 2.52 bits per heavy atom. The Morgan fingerprint density at radius 2 is 1.87 bits per heavy atom. The minimum absolute atomic E-state index is 0.00515. The van der Waals surface area contributed by atoms with Gasteiger partial charge in [-0.2, -0.15) is 0 Å². The highest BCUT2D eigenvalue weighted by atomic mass is 35.5. The number of sulfonamides is 1. The van der Waals surface area contributed by atoms with Crippen LogP contribution in [0.4, 0.5) is 0 Å². The fraction of sp³-hybridized carbons (Fsp3) is 0.364. The van der Waals surface area contributed by atoms with Crippen molar-refractivity contribution in [1.29, 1.82) is 0 Å². The summed E-state index contributed by atoms with van der Waals surface area (Å²) in [5.74, 6) is 0.770. The smallest absolute Gasteiger partial charge is 0.242 e. The molecule has 0 unspecified atom stereocenters. The van der Waals surface area contributed by atoms with Crippen LogP contribution in [0.25, 0.3) is 11.0 Å². The number of imidazole rings is 1. The molecule has 0 aliphatic heterocycles. The molecule has 1 amide bonds. The first-order valence-corrected chi connectivity index (χ1v) is 11.9. The highest BCUT2D eigenvalue weighted by Crippen LogP contribution is 2.23. The lowest BCUT2D eigenvalue weighted by molar-refractivity contribution is -0.130. The third-order valence-corrected chi connectivity index (χ3v) is 7.24. The van der Waals surface area contributed by atoms with Crippen molar-refractivity contribution in [1.82, 2.24) is 18.8 Å². The summed E-state index contributed by atoms with van der Waals surface area (Å²) in [5.41, 5.74) is 2.44. The van der Waals surface area contributed by atoms with Crippen molar-refractivity contribution in [3.63, 3.8) is 0 Å². The van der Waals surface area contributed by atoms with Crippen molar-refractivity contribution >= 4 is 38.6 Å². The predicted octanol–water partition coefficient (Wildman–Crippen LogP) is 3.55. The number of rotatable bonds is 8. The SMILES string of the molecule is CCn1c(CCC(=O)N(C)Cc2cccc(Cl)c2)nc2cc(S(=O)(=O)N(C)C)ccc21. The van der Waals surface area contributed by atoms with E-state index >= 15 is 0 Å². The van der Waals surface area contributed by atoms with Gasteiger partial charge in [-0.3, -0.25) is 4.79 Å². The van der Waals surface area contributed by atoms with Crippen LogP contribution < -0.4 is 0 Å². The van der Waals surface area contributed by atoms with E-state index in [4.69, 9.17) is 11.6 Å². The zero-order chi connectivity index (χ0) is 22.8. The molecule has 9 heteroatoms. The highest BCUT2D eigenvalue weighted by molar-refractivity contribution is 7.89. The molecule has 0 aliphatic rings. The first kappa shape index (κ1) is 23.2. The highest BCUT2D eigenvalue weighted by Gasteiger charge is 2.20. The van der Waals surface area contributed by atoms with Gasteiger partial charge in [0.2, 0.25) is 15.9 Å². The molecule has 166 valence electrons. The van der Waals surface area contributed by atoms with Crippen molar-refractivity contribution < 1.29 is 13.2 Å². The van der Waals surface area contributed by atoms with E-state index in [1.807, 2.05) is 29.7 Å². The van der Waals surface area contributed by atoms with Crippen LogP contribution in [0, 0.1) is 0 Å². The summed E-state index contributed by atoms with van der Waals surface area (Å²) in [5, 5.41) is 0.644. The van der Waals surface area contributed by atoms with Crippen molar-refractivity contribution in [3.8, 4) is 0 Å². The normalized spacial score (nSPS) is 11.9. The zero-order valence-electron chi connectivity index (χ0n) is 18.2. The van der Waals surface area contributed by atoms with E-state index in [1.165, 1.54) is 18.4 Å². The quantitative estimate of drug-likeness (QED) is 0.513. The van der Waals surface area contributed by atoms with Gasteiger partial charge >= 0.3 is 0 Å². The van der Waals surface area contributed by atoms with Crippen LogP contribution >= 0.6 is 11.6 Å². The van der Waals surface area contributed by atoms with Crippen LogP contribution in [0.5, 0.6) is 0 Å². The summed E-state index contributed by atoms with van der Waals surface area (Å²) >= 11 is 6.02. The Kier molecular flexibility index (Phi) is 7.03. The molecular formula is C22H27ClN4O3S. The molecule has 0 N–H and O–H groups in total. The third-order valence-electron chi connectivity index (χ3n) is 5.19. The van der Waals surface area contributed by atoms with Crippen LogP contribution in [0.3, 0.4) is 0 Å². The number of carbonyl (C=O) groups excluding carboxylic acids is 1. The van der Waals surface area contributed by atoms with Gasteiger partial charge in [0.25, 0.3) is 0 Å². The van der Waals surface area contributed by atoms with E-state index in [-0.39, 0.29) is 10.8 Å². The number of aryl methyl sites for hydroxylation is 2. The molecule has 3 aromatic rings. The molecule has 0 fully saturated rings. The van der Waals surface area contributed by atoms with Crippen molar-refractivity contribution in [3.05, 3.63) is 58.9 Å².